The van der Waals surface area contributed by atoms with Crippen molar-refractivity contribution in [3.8, 4) is 5.75 Å². The van der Waals surface area contributed by atoms with Gasteiger partial charge in [-0.2, -0.15) is 0 Å². The number of benzene rings is 3. The largest absolute Gasteiger partial charge is 0.493 e. The molecule has 0 N–H and O–H groups in total. The van der Waals surface area contributed by atoms with E-state index in [2.05, 4.69) is 30.3 Å². The maximum absolute atomic E-state index is 13.2. The Hall–Kier alpha value is -2.87. The van der Waals surface area contributed by atoms with Gasteiger partial charge in [0.2, 0.25) is 0 Å². The summed E-state index contributed by atoms with van der Waals surface area (Å²) in [6.07, 6.45) is 4.34. The first-order valence-corrected chi connectivity index (χ1v) is 8.28. The van der Waals surface area contributed by atoms with Crippen molar-refractivity contribution in [2.75, 3.05) is 6.61 Å². The molecule has 0 saturated heterocycles. The van der Waals surface area contributed by atoms with Crippen LogP contribution in [0.2, 0.25) is 0 Å². The minimum Gasteiger partial charge on any atom is -0.493 e. The van der Waals surface area contributed by atoms with Gasteiger partial charge in [-0.25, -0.2) is 0 Å². The van der Waals surface area contributed by atoms with Gasteiger partial charge in [0, 0.05) is 12.0 Å². The molecule has 0 radical (unpaired) electrons. The number of fused-ring (bicyclic) bond motifs is 6. The molecule has 2 aliphatic rings. The predicted octanol–water partition coefficient (Wildman–Crippen LogP) is 4.50. The topological polar surface area (TPSA) is 26.3 Å². The van der Waals surface area contributed by atoms with Gasteiger partial charge >= 0.3 is 0 Å². The molecule has 3 aromatic rings. The monoisotopic (exact) mass is 312 g/mol. The van der Waals surface area contributed by atoms with Crippen molar-refractivity contribution in [1.29, 1.82) is 0 Å². The highest BCUT2D eigenvalue weighted by Gasteiger charge is 2.47. The van der Waals surface area contributed by atoms with Crippen LogP contribution in [0.15, 0.2) is 66.7 Å². The molecule has 1 aliphatic carbocycles. The SMILES string of the molecule is O=C1C=Cc2ccccc2C12CCOc1ccc3ccccc3c12. The van der Waals surface area contributed by atoms with E-state index >= 15 is 0 Å². The highest BCUT2D eigenvalue weighted by atomic mass is 16.5. The third-order valence-electron chi connectivity index (χ3n) is 5.31. The lowest BCUT2D eigenvalue weighted by Crippen LogP contribution is -2.42. The molecule has 0 amide bonds. The molecule has 5 rings (SSSR count). The molecule has 0 saturated carbocycles. The molecule has 24 heavy (non-hydrogen) atoms. The molecule has 2 heteroatoms. The molecule has 0 bridgehead atoms. The van der Waals surface area contributed by atoms with Gasteiger partial charge in [0.05, 0.1) is 12.0 Å². The first kappa shape index (κ1) is 13.6. The first-order chi connectivity index (χ1) is 11.8. The first-order valence-electron chi connectivity index (χ1n) is 8.28. The summed E-state index contributed by atoms with van der Waals surface area (Å²) in [5, 5.41) is 2.24. The van der Waals surface area contributed by atoms with Crippen LogP contribution in [0.1, 0.15) is 23.1 Å². The lowest BCUT2D eigenvalue weighted by molar-refractivity contribution is -0.119. The molecule has 2 nitrogen and oxygen atoms in total. The summed E-state index contributed by atoms with van der Waals surface area (Å²) < 4.78 is 5.95. The lowest BCUT2D eigenvalue weighted by Gasteiger charge is -2.40. The maximum atomic E-state index is 13.2. The average Bonchev–Trinajstić information content (AvgIpc) is 2.65. The van der Waals surface area contributed by atoms with E-state index in [4.69, 9.17) is 4.74 Å². The summed E-state index contributed by atoms with van der Waals surface area (Å²) in [4.78, 5) is 13.2. The quantitative estimate of drug-likeness (QED) is 0.611. The zero-order chi connectivity index (χ0) is 16.1. The van der Waals surface area contributed by atoms with Crippen molar-refractivity contribution in [3.63, 3.8) is 0 Å². The summed E-state index contributed by atoms with van der Waals surface area (Å²) in [5.41, 5.74) is 2.60. The summed E-state index contributed by atoms with van der Waals surface area (Å²) in [6.45, 7) is 0.555. The number of hydrogen-bond acceptors (Lipinski definition) is 2. The van der Waals surface area contributed by atoms with Crippen LogP contribution in [0.25, 0.3) is 16.8 Å². The van der Waals surface area contributed by atoms with Crippen LogP contribution >= 0.6 is 0 Å². The van der Waals surface area contributed by atoms with Gasteiger partial charge in [-0.3, -0.25) is 4.79 Å². The molecule has 0 aromatic heterocycles. The molecular weight excluding hydrogens is 296 g/mol. The van der Waals surface area contributed by atoms with Crippen molar-refractivity contribution in [2.45, 2.75) is 11.8 Å². The number of rotatable bonds is 0. The third-order valence-corrected chi connectivity index (χ3v) is 5.31. The van der Waals surface area contributed by atoms with Gasteiger partial charge in [0.1, 0.15) is 5.75 Å². The highest BCUT2D eigenvalue weighted by Crippen LogP contribution is 2.50. The van der Waals surface area contributed by atoms with Crippen LogP contribution in [-0.4, -0.2) is 12.4 Å². The predicted molar refractivity (Wildman–Crippen MR) is 95.3 cm³/mol. The Labute approximate surface area is 140 Å². The van der Waals surface area contributed by atoms with Crippen LogP contribution in [-0.2, 0) is 10.2 Å². The molecule has 1 heterocycles. The molecule has 1 unspecified atom stereocenters. The molecular formula is C22H16O2. The number of carbonyl (C=O) groups excluding carboxylic acids is 1. The van der Waals surface area contributed by atoms with Gasteiger partial charge in [-0.05, 0) is 34.0 Å². The van der Waals surface area contributed by atoms with Gasteiger partial charge in [0.15, 0.2) is 5.78 Å². The van der Waals surface area contributed by atoms with Crippen molar-refractivity contribution in [3.05, 3.63) is 83.4 Å². The molecule has 3 aromatic carbocycles. The van der Waals surface area contributed by atoms with E-state index in [0.717, 1.165) is 33.2 Å². The second-order valence-electron chi connectivity index (χ2n) is 6.45. The van der Waals surface area contributed by atoms with Crippen LogP contribution in [0, 0.1) is 0 Å². The summed E-state index contributed by atoms with van der Waals surface area (Å²) in [6, 6.07) is 20.5. The van der Waals surface area contributed by atoms with Crippen LogP contribution in [0.4, 0.5) is 0 Å². The van der Waals surface area contributed by atoms with E-state index in [1.807, 2.05) is 36.4 Å². The number of ether oxygens (including phenoxy) is 1. The fourth-order valence-corrected chi connectivity index (χ4v) is 4.24. The number of ketones is 1. The number of carbonyl (C=O) groups is 1. The molecule has 116 valence electrons. The van der Waals surface area contributed by atoms with Crippen LogP contribution in [0.5, 0.6) is 5.75 Å². The van der Waals surface area contributed by atoms with Crippen LogP contribution < -0.4 is 4.74 Å². The summed E-state index contributed by atoms with van der Waals surface area (Å²) in [5.74, 6) is 0.987. The van der Waals surface area contributed by atoms with E-state index in [-0.39, 0.29) is 5.78 Å². The van der Waals surface area contributed by atoms with Crippen LogP contribution in [0.3, 0.4) is 0 Å². The Morgan fingerprint density at radius 3 is 2.67 bits per heavy atom. The Bertz CT molecular complexity index is 1020. The van der Waals surface area contributed by atoms with Gasteiger partial charge in [0.25, 0.3) is 0 Å². The third kappa shape index (κ3) is 1.63. The van der Waals surface area contributed by atoms with E-state index < -0.39 is 5.41 Å². The van der Waals surface area contributed by atoms with Gasteiger partial charge in [-0.15, -0.1) is 0 Å². The van der Waals surface area contributed by atoms with E-state index in [1.54, 1.807) is 6.08 Å². The standard InChI is InChI=1S/C22H16O2/c23-20-12-10-16-6-2-4-8-18(16)22(20)13-14-24-19-11-9-15-5-1-3-7-17(15)21(19)22/h1-12H,13-14H2. The summed E-state index contributed by atoms with van der Waals surface area (Å²) >= 11 is 0. The highest BCUT2D eigenvalue weighted by molar-refractivity contribution is 6.10. The summed E-state index contributed by atoms with van der Waals surface area (Å²) in [7, 11) is 0. The van der Waals surface area contributed by atoms with Crippen molar-refractivity contribution >= 4 is 22.6 Å². The Morgan fingerprint density at radius 2 is 1.71 bits per heavy atom. The van der Waals surface area contributed by atoms with Crippen molar-refractivity contribution in [1.82, 2.24) is 0 Å². The Morgan fingerprint density at radius 1 is 0.875 bits per heavy atom. The maximum Gasteiger partial charge on any atom is 0.170 e. The second kappa shape index (κ2) is 4.81. The van der Waals surface area contributed by atoms with Crippen molar-refractivity contribution in [2.24, 2.45) is 0 Å². The Balaban J connectivity index is 1.94. The average molecular weight is 312 g/mol. The molecule has 1 atom stereocenters. The second-order valence-corrected chi connectivity index (χ2v) is 6.45. The van der Waals surface area contributed by atoms with E-state index in [0.29, 0.717) is 13.0 Å². The smallest absolute Gasteiger partial charge is 0.170 e. The molecule has 1 aliphatic heterocycles. The molecule has 1 spiro atoms. The van der Waals surface area contributed by atoms with E-state index in [1.165, 1.54) is 0 Å². The Kier molecular flexibility index (Phi) is 2.72. The minimum absolute atomic E-state index is 0.155. The zero-order valence-corrected chi connectivity index (χ0v) is 13.2. The number of allylic oxidation sites excluding steroid dienone is 1. The zero-order valence-electron chi connectivity index (χ0n) is 13.2. The van der Waals surface area contributed by atoms with Crippen molar-refractivity contribution < 1.29 is 9.53 Å². The fourth-order valence-electron chi connectivity index (χ4n) is 4.24. The normalized spacial score (nSPS) is 21.4. The fraction of sp³-hybridized carbons (Fsp3) is 0.136. The van der Waals surface area contributed by atoms with Gasteiger partial charge < -0.3 is 4.74 Å². The lowest BCUT2D eigenvalue weighted by atomic mass is 9.63. The molecule has 0 fully saturated rings. The van der Waals surface area contributed by atoms with E-state index in [9.17, 15) is 4.79 Å². The number of hydrogen-bond donors (Lipinski definition) is 0. The van der Waals surface area contributed by atoms with Gasteiger partial charge in [-0.1, -0.05) is 60.7 Å². The minimum atomic E-state index is -0.639.